The van der Waals surface area contributed by atoms with Crippen LogP contribution >= 0.6 is 22.9 Å². The van der Waals surface area contributed by atoms with Crippen molar-refractivity contribution in [3.05, 3.63) is 51.2 Å². The monoisotopic (exact) mass is 295 g/mol. The molecule has 1 aromatic heterocycles. The highest BCUT2D eigenvalue weighted by atomic mass is 35.5. The Balaban J connectivity index is 1.99. The number of nitrogens with one attached hydrogen (secondary N) is 1. The van der Waals surface area contributed by atoms with Crippen LogP contribution < -0.4 is 10.1 Å². The minimum Gasteiger partial charge on any atom is -0.491 e. The molecule has 19 heavy (non-hydrogen) atoms. The zero-order valence-corrected chi connectivity index (χ0v) is 12.7. The summed E-state index contributed by atoms with van der Waals surface area (Å²) in [5.41, 5.74) is 1.10. The van der Waals surface area contributed by atoms with Gasteiger partial charge in [-0.15, -0.1) is 11.3 Å². The Morgan fingerprint density at radius 2 is 2.11 bits per heavy atom. The van der Waals surface area contributed by atoms with Crippen molar-refractivity contribution in [2.45, 2.75) is 33.0 Å². The van der Waals surface area contributed by atoms with Gasteiger partial charge in [-0.2, -0.15) is 0 Å². The molecular formula is C15H18ClNOS. The molecule has 0 amide bonds. The number of halogens is 1. The van der Waals surface area contributed by atoms with Gasteiger partial charge in [0.2, 0.25) is 0 Å². The zero-order chi connectivity index (χ0) is 13.7. The first-order chi connectivity index (χ1) is 9.15. The highest BCUT2D eigenvalue weighted by Crippen LogP contribution is 2.24. The van der Waals surface area contributed by atoms with Gasteiger partial charge in [-0.3, -0.25) is 0 Å². The van der Waals surface area contributed by atoms with Gasteiger partial charge in [0.1, 0.15) is 5.75 Å². The second-order valence-corrected chi connectivity index (χ2v) is 6.07. The van der Waals surface area contributed by atoms with E-state index >= 15 is 0 Å². The van der Waals surface area contributed by atoms with Gasteiger partial charge < -0.3 is 10.1 Å². The second-order valence-electron chi connectivity index (χ2n) is 4.60. The van der Waals surface area contributed by atoms with Crippen molar-refractivity contribution in [2.24, 2.45) is 0 Å². The van der Waals surface area contributed by atoms with E-state index in [0.29, 0.717) is 0 Å². The molecule has 1 N–H and O–H groups in total. The number of thiophene rings is 1. The van der Waals surface area contributed by atoms with E-state index < -0.39 is 0 Å². The maximum Gasteiger partial charge on any atom is 0.124 e. The molecule has 0 bridgehead atoms. The summed E-state index contributed by atoms with van der Waals surface area (Å²) in [5, 5.41) is 6.24. The van der Waals surface area contributed by atoms with Crippen molar-refractivity contribution >= 4 is 22.9 Å². The smallest absolute Gasteiger partial charge is 0.124 e. The first kappa shape index (κ1) is 14.4. The van der Waals surface area contributed by atoms with Gasteiger partial charge >= 0.3 is 0 Å². The molecule has 0 spiro atoms. The van der Waals surface area contributed by atoms with E-state index in [1.165, 1.54) is 4.88 Å². The van der Waals surface area contributed by atoms with Crippen LogP contribution in [0.1, 0.15) is 24.3 Å². The van der Waals surface area contributed by atoms with Gasteiger partial charge in [0.25, 0.3) is 0 Å². The molecule has 0 radical (unpaired) electrons. The number of ether oxygens (including phenoxy) is 1. The SMILES string of the molecule is CC(C)Oc1ccc(Cl)cc1CNCc1cccs1. The molecule has 0 atom stereocenters. The molecule has 0 aliphatic carbocycles. The Morgan fingerprint density at radius 3 is 2.79 bits per heavy atom. The fourth-order valence-corrected chi connectivity index (χ4v) is 2.66. The van der Waals surface area contributed by atoms with Gasteiger partial charge in [-0.25, -0.2) is 0 Å². The van der Waals surface area contributed by atoms with Crippen LogP contribution in [0.15, 0.2) is 35.7 Å². The quantitative estimate of drug-likeness (QED) is 0.848. The first-order valence-corrected chi connectivity index (χ1v) is 7.59. The molecule has 0 saturated carbocycles. The topological polar surface area (TPSA) is 21.3 Å². The average molecular weight is 296 g/mol. The molecule has 102 valence electrons. The molecule has 2 rings (SSSR count). The van der Waals surface area contributed by atoms with E-state index in [4.69, 9.17) is 16.3 Å². The van der Waals surface area contributed by atoms with Gasteiger partial charge in [-0.05, 0) is 43.5 Å². The van der Waals surface area contributed by atoms with Crippen molar-refractivity contribution in [3.63, 3.8) is 0 Å². The number of hydrogen-bond donors (Lipinski definition) is 1. The fourth-order valence-electron chi connectivity index (χ4n) is 1.79. The van der Waals surface area contributed by atoms with Gasteiger partial charge in [0.05, 0.1) is 6.10 Å². The molecule has 2 aromatic rings. The third-order valence-corrected chi connectivity index (χ3v) is 3.69. The molecule has 4 heteroatoms. The van der Waals surface area contributed by atoms with E-state index in [9.17, 15) is 0 Å². The number of benzene rings is 1. The van der Waals surface area contributed by atoms with Crippen LogP contribution in [0.5, 0.6) is 5.75 Å². The highest BCUT2D eigenvalue weighted by molar-refractivity contribution is 7.09. The summed E-state index contributed by atoms with van der Waals surface area (Å²) in [5.74, 6) is 0.901. The summed E-state index contributed by atoms with van der Waals surface area (Å²) < 4.78 is 5.79. The van der Waals surface area contributed by atoms with Gasteiger partial charge in [-0.1, -0.05) is 17.7 Å². The van der Waals surface area contributed by atoms with E-state index in [1.807, 2.05) is 32.0 Å². The van der Waals surface area contributed by atoms with Crippen LogP contribution in [0.25, 0.3) is 0 Å². The third-order valence-electron chi connectivity index (χ3n) is 2.58. The summed E-state index contributed by atoms with van der Waals surface area (Å²) in [4.78, 5) is 1.33. The van der Waals surface area contributed by atoms with Crippen LogP contribution in [0, 0.1) is 0 Å². The molecule has 0 fully saturated rings. The van der Waals surface area contributed by atoms with E-state index in [0.717, 1.165) is 29.4 Å². The van der Waals surface area contributed by atoms with Gasteiger partial charge in [0.15, 0.2) is 0 Å². The molecule has 0 saturated heterocycles. The summed E-state index contributed by atoms with van der Waals surface area (Å²) >= 11 is 7.81. The normalized spacial score (nSPS) is 10.9. The lowest BCUT2D eigenvalue weighted by Crippen LogP contribution is -2.14. The van der Waals surface area contributed by atoms with Crippen LogP contribution in [-0.4, -0.2) is 6.10 Å². The standard InChI is InChI=1S/C15H18ClNOS/c1-11(2)18-15-6-5-13(16)8-12(15)9-17-10-14-4-3-7-19-14/h3-8,11,17H,9-10H2,1-2H3. The first-order valence-electron chi connectivity index (χ1n) is 6.33. The predicted molar refractivity (Wildman–Crippen MR) is 82.1 cm³/mol. The molecular weight excluding hydrogens is 278 g/mol. The number of rotatable bonds is 6. The van der Waals surface area contributed by atoms with Crippen molar-refractivity contribution in [3.8, 4) is 5.75 Å². The van der Waals surface area contributed by atoms with Gasteiger partial charge in [0, 0.05) is 28.6 Å². The van der Waals surface area contributed by atoms with E-state index in [1.54, 1.807) is 11.3 Å². The highest BCUT2D eigenvalue weighted by Gasteiger charge is 2.06. The lowest BCUT2D eigenvalue weighted by Gasteiger charge is -2.15. The average Bonchev–Trinajstić information content (AvgIpc) is 2.85. The summed E-state index contributed by atoms with van der Waals surface area (Å²) in [7, 11) is 0. The Morgan fingerprint density at radius 1 is 1.26 bits per heavy atom. The molecule has 1 aromatic carbocycles. The second kappa shape index (κ2) is 6.94. The predicted octanol–water partition coefficient (Wildman–Crippen LogP) is 4.48. The summed E-state index contributed by atoms with van der Waals surface area (Å²) in [6.07, 6.45) is 0.164. The maximum absolute atomic E-state index is 6.05. The molecule has 2 nitrogen and oxygen atoms in total. The fraction of sp³-hybridized carbons (Fsp3) is 0.333. The van der Waals surface area contributed by atoms with Crippen LogP contribution in [-0.2, 0) is 13.1 Å². The number of hydrogen-bond acceptors (Lipinski definition) is 3. The Kier molecular flexibility index (Phi) is 5.25. The van der Waals surface area contributed by atoms with Crippen molar-refractivity contribution in [1.29, 1.82) is 0 Å². The molecule has 0 aliphatic heterocycles. The largest absolute Gasteiger partial charge is 0.491 e. The lowest BCUT2D eigenvalue weighted by molar-refractivity contribution is 0.239. The third kappa shape index (κ3) is 4.53. The minimum absolute atomic E-state index is 0.164. The van der Waals surface area contributed by atoms with Crippen molar-refractivity contribution < 1.29 is 4.74 Å². The minimum atomic E-state index is 0.164. The zero-order valence-electron chi connectivity index (χ0n) is 11.2. The van der Waals surface area contributed by atoms with Crippen LogP contribution in [0.2, 0.25) is 5.02 Å². The van der Waals surface area contributed by atoms with Crippen molar-refractivity contribution in [1.82, 2.24) is 5.32 Å². The van der Waals surface area contributed by atoms with Crippen LogP contribution in [0.3, 0.4) is 0 Å². The lowest BCUT2D eigenvalue weighted by atomic mass is 10.2. The molecule has 0 aliphatic rings. The molecule has 1 heterocycles. The summed E-state index contributed by atoms with van der Waals surface area (Å²) in [6.45, 7) is 5.67. The van der Waals surface area contributed by atoms with Crippen LogP contribution in [0.4, 0.5) is 0 Å². The molecule has 0 unspecified atom stereocenters. The maximum atomic E-state index is 6.05. The van der Waals surface area contributed by atoms with E-state index in [2.05, 4.69) is 22.8 Å². The Hall–Kier alpha value is -1.03. The Bertz CT molecular complexity index is 511. The van der Waals surface area contributed by atoms with E-state index in [-0.39, 0.29) is 6.10 Å². The van der Waals surface area contributed by atoms with Crippen molar-refractivity contribution in [2.75, 3.05) is 0 Å². The summed E-state index contributed by atoms with van der Waals surface area (Å²) in [6, 6.07) is 9.95. The Labute approximate surface area is 123 Å².